The van der Waals surface area contributed by atoms with Crippen molar-refractivity contribution in [1.82, 2.24) is 0 Å². The topological polar surface area (TPSA) is 114 Å². The van der Waals surface area contributed by atoms with Gasteiger partial charge in [-0.1, -0.05) is 42.5 Å². The Morgan fingerprint density at radius 2 is 1.63 bits per heavy atom. The van der Waals surface area contributed by atoms with Gasteiger partial charge in [0.25, 0.3) is 11.6 Å². The smallest absolute Gasteiger partial charge is 0.294 e. The highest BCUT2D eigenvalue weighted by molar-refractivity contribution is 6.20. The van der Waals surface area contributed by atoms with E-state index < -0.39 is 28.4 Å². The van der Waals surface area contributed by atoms with Gasteiger partial charge in [0.15, 0.2) is 11.5 Å². The maximum Gasteiger partial charge on any atom is 0.294 e. The molecule has 172 valence electrons. The first-order valence-electron chi connectivity index (χ1n) is 10.7. The second-order valence-electron chi connectivity index (χ2n) is 7.91. The molecule has 1 aliphatic rings. The lowest BCUT2D eigenvalue weighted by Gasteiger charge is -2.27. The number of hydrogen-bond donors (Lipinski definition) is 1. The number of aliphatic hydroxyl groups excluding tert-OH is 1. The number of carbonyl (C=O) groups is 2. The largest absolute Gasteiger partial charge is 0.503 e. The van der Waals surface area contributed by atoms with Crippen LogP contribution in [-0.4, -0.2) is 21.7 Å². The lowest BCUT2D eigenvalue weighted by Crippen LogP contribution is -2.31. The zero-order valence-electron chi connectivity index (χ0n) is 18.2. The fourth-order valence-corrected chi connectivity index (χ4v) is 4.20. The molecule has 0 bridgehead atoms. The van der Waals surface area contributed by atoms with Crippen molar-refractivity contribution in [3.05, 3.63) is 130 Å². The van der Waals surface area contributed by atoms with Crippen LogP contribution in [-0.2, 0) is 4.79 Å². The summed E-state index contributed by atoms with van der Waals surface area (Å²) in [7, 11) is 0. The third kappa shape index (κ3) is 3.87. The molecular formula is C27H18N2O6. The average molecular weight is 466 g/mol. The predicted octanol–water partition coefficient (Wildman–Crippen LogP) is 5.64. The van der Waals surface area contributed by atoms with E-state index in [4.69, 9.17) is 4.42 Å². The molecule has 8 nitrogen and oxygen atoms in total. The van der Waals surface area contributed by atoms with Crippen molar-refractivity contribution in [2.75, 3.05) is 4.90 Å². The Kier molecular flexibility index (Phi) is 5.46. The van der Waals surface area contributed by atoms with Crippen LogP contribution >= 0.6 is 0 Å². The van der Waals surface area contributed by atoms with E-state index in [0.29, 0.717) is 11.3 Å². The van der Waals surface area contributed by atoms with E-state index in [1.807, 2.05) is 36.4 Å². The Morgan fingerprint density at radius 1 is 0.914 bits per heavy atom. The molecule has 1 unspecified atom stereocenters. The molecule has 0 radical (unpaired) electrons. The number of nitro benzene ring substituents is 1. The van der Waals surface area contributed by atoms with Gasteiger partial charge >= 0.3 is 0 Å². The summed E-state index contributed by atoms with van der Waals surface area (Å²) >= 11 is 0. The highest BCUT2D eigenvalue weighted by Crippen LogP contribution is 2.43. The summed E-state index contributed by atoms with van der Waals surface area (Å²) in [4.78, 5) is 38.5. The number of benzene rings is 3. The van der Waals surface area contributed by atoms with Gasteiger partial charge in [0, 0.05) is 17.8 Å². The summed E-state index contributed by atoms with van der Waals surface area (Å²) in [6.07, 6.45) is 1.32. The number of nitrogens with zero attached hydrogens (tertiary/aromatic N) is 2. The zero-order chi connectivity index (χ0) is 24.5. The molecule has 3 aromatic carbocycles. The maximum absolute atomic E-state index is 13.3. The molecule has 2 heterocycles. The number of hydrogen-bond acceptors (Lipinski definition) is 6. The number of carbonyl (C=O) groups excluding carboxylic acids is 2. The molecule has 1 aromatic heterocycles. The van der Waals surface area contributed by atoms with Gasteiger partial charge in [-0.05, 0) is 53.1 Å². The molecular weight excluding hydrogens is 448 g/mol. The van der Waals surface area contributed by atoms with E-state index >= 15 is 0 Å². The van der Waals surface area contributed by atoms with Crippen LogP contribution in [0.25, 0.3) is 11.1 Å². The summed E-state index contributed by atoms with van der Waals surface area (Å²) in [5.74, 6) is -2.13. The number of Topliss-reactive ketones (excluding diaryl/α,β-unsaturated/α-hetero) is 1. The number of rotatable bonds is 6. The molecule has 0 saturated heterocycles. The minimum Gasteiger partial charge on any atom is -0.503 e. The summed E-state index contributed by atoms with van der Waals surface area (Å²) < 4.78 is 5.23. The van der Waals surface area contributed by atoms with Crippen molar-refractivity contribution in [2.24, 2.45) is 0 Å². The molecule has 0 fully saturated rings. The SMILES string of the molecule is O=C(C1=C(O)C(=O)N(c2cccc(-c3ccccc3)c2)C1c1ccc([N+](=O)[O-])cc1)c1ccco1. The van der Waals surface area contributed by atoms with E-state index in [9.17, 15) is 24.8 Å². The third-order valence-corrected chi connectivity index (χ3v) is 5.85. The van der Waals surface area contributed by atoms with Crippen molar-refractivity contribution >= 4 is 23.1 Å². The monoisotopic (exact) mass is 466 g/mol. The van der Waals surface area contributed by atoms with E-state index in [-0.39, 0.29) is 17.0 Å². The number of aliphatic hydroxyl groups is 1. The lowest BCUT2D eigenvalue weighted by molar-refractivity contribution is -0.384. The molecule has 0 saturated carbocycles. The number of nitro groups is 1. The van der Waals surface area contributed by atoms with Crippen LogP contribution in [0.4, 0.5) is 11.4 Å². The standard InChI is InChI=1S/C27H18N2O6/c30-25(22-10-5-15-35-22)23-24(18-11-13-20(14-12-18)29(33)34)28(27(32)26(23)31)21-9-4-8-19(16-21)17-6-2-1-3-7-17/h1-16,24,31H. The van der Waals surface area contributed by atoms with Crippen LogP contribution in [0.5, 0.6) is 0 Å². The molecule has 35 heavy (non-hydrogen) atoms. The summed E-state index contributed by atoms with van der Waals surface area (Å²) in [5, 5.41) is 22.0. The molecule has 0 aliphatic carbocycles. The van der Waals surface area contributed by atoms with Crippen molar-refractivity contribution in [2.45, 2.75) is 6.04 Å². The summed E-state index contributed by atoms with van der Waals surface area (Å²) in [6.45, 7) is 0. The first kappa shape index (κ1) is 21.8. The quantitative estimate of drug-likeness (QED) is 0.224. The van der Waals surface area contributed by atoms with Gasteiger partial charge in [0.05, 0.1) is 22.8 Å². The van der Waals surface area contributed by atoms with Gasteiger partial charge in [0.1, 0.15) is 0 Å². The second-order valence-corrected chi connectivity index (χ2v) is 7.91. The van der Waals surface area contributed by atoms with Crippen LogP contribution in [0, 0.1) is 10.1 Å². The molecule has 8 heteroatoms. The Labute approximate surface area is 199 Å². The minimum atomic E-state index is -1.02. The van der Waals surface area contributed by atoms with Gasteiger partial charge in [0.2, 0.25) is 5.78 Å². The van der Waals surface area contributed by atoms with E-state index in [1.54, 1.807) is 18.2 Å². The number of anilines is 1. The molecule has 1 aliphatic heterocycles. The normalized spacial score (nSPS) is 15.5. The highest BCUT2D eigenvalue weighted by Gasteiger charge is 2.45. The van der Waals surface area contributed by atoms with Gasteiger partial charge in [-0.3, -0.25) is 24.6 Å². The number of non-ortho nitro benzene ring substituents is 1. The number of amides is 1. The Morgan fingerprint density at radius 3 is 2.29 bits per heavy atom. The first-order valence-corrected chi connectivity index (χ1v) is 10.7. The van der Waals surface area contributed by atoms with Crippen molar-refractivity contribution in [3.8, 4) is 11.1 Å². The van der Waals surface area contributed by atoms with E-state index in [0.717, 1.165) is 11.1 Å². The second kappa shape index (κ2) is 8.75. The Hall–Kier alpha value is -4.98. The molecule has 4 aromatic rings. The average Bonchev–Trinajstić information content (AvgIpc) is 3.52. The highest BCUT2D eigenvalue weighted by atomic mass is 16.6. The third-order valence-electron chi connectivity index (χ3n) is 5.85. The Bertz CT molecular complexity index is 1460. The van der Waals surface area contributed by atoms with E-state index in [2.05, 4.69) is 0 Å². The van der Waals surface area contributed by atoms with E-state index in [1.165, 1.54) is 47.6 Å². The van der Waals surface area contributed by atoms with Gasteiger partial charge < -0.3 is 9.52 Å². The maximum atomic E-state index is 13.3. The van der Waals surface area contributed by atoms with Crippen LogP contribution < -0.4 is 4.90 Å². The summed E-state index contributed by atoms with van der Waals surface area (Å²) in [6, 6.07) is 24.2. The first-order chi connectivity index (χ1) is 17.0. The molecule has 1 amide bonds. The van der Waals surface area contributed by atoms with Crippen LogP contribution in [0.2, 0.25) is 0 Å². The Balaban J connectivity index is 1.65. The molecule has 0 spiro atoms. The summed E-state index contributed by atoms with van der Waals surface area (Å²) in [5.41, 5.74) is 2.34. The van der Waals surface area contributed by atoms with Crippen molar-refractivity contribution < 1.29 is 24.0 Å². The molecule has 1 N–H and O–H groups in total. The van der Waals surface area contributed by atoms with Crippen LogP contribution in [0.1, 0.15) is 22.2 Å². The number of ketones is 1. The number of furan rings is 1. The van der Waals surface area contributed by atoms with Crippen LogP contribution in [0.15, 0.2) is 113 Å². The molecule has 1 atom stereocenters. The van der Waals surface area contributed by atoms with Crippen molar-refractivity contribution in [3.63, 3.8) is 0 Å². The van der Waals surface area contributed by atoms with Crippen molar-refractivity contribution in [1.29, 1.82) is 0 Å². The predicted molar refractivity (Wildman–Crippen MR) is 128 cm³/mol. The minimum absolute atomic E-state index is 0.0360. The van der Waals surface area contributed by atoms with Crippen LogP contribution in [0.3, 0.4) is 0 Å². The lowest BCUT2D eigenvalue weighted by atomic mass is 9.94. The van der Waals surface area contributed by atoms with Gasteiger partial charge in [-0.2, -0.15) is 0 Å². The van der Waals surface area contributed by atoms with Gasteiger partial charge in [-0.25, -0.2) is 0 Å². The fourth-order valence-electron chi connectivity index (χ4n) is 4.20. The zero-order valence-corrected chi connectivity index (χ0v) is 18.2. The molecule has 5 rings (SSSR count). The fraction of sp³-hybridized carbons (Fsp3) is 0.0370. The van der Waals surface area contributed by atoms with Gasteiger partial charge in [-0.15, -0.1) is 0 Å².